The Balaban J connectivity index is 1.62. The van der Waals surface area contributed by atoms with Gasteiger partial charge in [0.1, 0.15) is 0 Å². The highest BCUT2D eigenvalue weighted by atomic mass is 127. The molecule has 4 rings (SSSR count). The van der Waals surface area contributed by atoms with Crippen molar-refractivity contribution in [2.24, 2.45) is 5.92 Å². The number of nitrogens with zero attached hydrogens (tertiary/aromatic N) is 1. The molecule has 3 atom stereocenters. The Kier molecular flexibility index (Phi) is 10.2. The van der Waals surface area contributed by atoms with E-state index in [0.29, 0.717) is 35.5 Å². The number of para-hydroxylation sites is 1. The van der Waals surface area contributed by atoms with Gasteiger partial charge in [-0.05, 0) is 91.1 Å². The lowest BCUT2D eigenvalue weighted by Gasteiger charge is -2.39. The Morgan fingerprint density at radius 2 is 1.89 bits per heavy atom. The molecule has 2 fully saturated rings. The molecule has 2 aromatic rings. The third kappa shape index (κ3) is 6.97. The first-order valence-corrected chi connectivity index (χ1v) is 15.1. The average Bonchev–Trinajstić information content (AvgIpc) is 3.18. The zero-order valence-corrected chi connectivity index (χ0v) is 25.0. The standard InChI is InChI=1S/C29H35IN2O5S/c1-4-35-24-16-20(15-22(30)27(24)37-18-26(33)36-5-2)17-25-28(34)32(23-14-10-9-11-19(23)3)29(38-25)31-21-12-7-6-8-13-21/h6-8,12-13,15-17,19,23,29,31H,4-5,9-11,14,18H2,1-3H3/b25-17-/t19-,23+,29?/m0/s1. The number of hydrogen-bond donors (Lipinski definition) is 1. The van der Waals surface area contributed by atoms with Crippen LogP contribution in [-0.2, 0) is 14.3 Å². The van der Waals surface area contributed by atoms with E-state index in [1.165, 1.54) is 6.42 Å². The van der Waals surface area contributed by atoms with E-state index >= 15 is 0 Å². The highest BCUT2D eigenvalue weighted by Gasteiger charge is 2.43. The summed E-state index contributed by atoms with van der Waals surface area (Å²) in [6.45, 7) is 6.46. The van der Waals surface area contributed by atoms with E-state index in [0.717, 1.165) is 34.1 Å². The summed E-state index contributed by atoms with van der Waals surface area (Å²) in [4.78, 5) is 28.4. The van der Waals surface area contributed by atoms with Crippen molar-refractivity contribution in [3.8, 4) is 11.5 Å². The van der Waals surface area contributed by atoms with Crippen molar-refractivity contribution in [1.82, 2.24) is 4.90 Å². The molecular formula is C29H35IN2O5S. The maximum absolute atomic E-state index is 13.8. The van der Waals surface area contributed by atoms with Gasteiger partial charge in [0.25, 0.3) is 5.91 Å². The number of benzene rings is 2. The Labute approximate surface area is 242 Å². The molecule has 2 aliphatic rings. The first kappa shape index (κ1) is 28.6. The maximum atomic E-state index is 13.8. The van der Waals surface area contributed by atoms with E-state index in [9.17, 15) is 9.59 Å². The summed E-state index contributed by atoms with van der Waals surface area (Å²) in [7, 11) is 0. The highest BCUT2D eigenvalue weighted by molar-refractivity contribution is 14.1. The number of esters is 1. The van der Waals surface area contributed by atoms with Gasteiger partial charge in [-0.3, -0.25) is 4.79 Å². The van der Waals surface area contributed by atoms with Crippen LogP contribution >= 0.6 is 34.4 Å². The second-order valence-electron chi connectivity index (χ2n) is 9.39. The zero-order valence-electron chi connectivity index (χ0n) is 22.1. The maximum Gasteiger partial charge on any atom is 0.344 e. The molecular weight excluding hydrogens is 615 g/mol. The molecule has 7 nitrogen and oxygen atoms in total. The molecule has 0 spiro atoms. The largest absolute Gasteiger partial charge is 0.490 e. The van der Waals surface area contributed by atoms with E-state index in [4.69, 9.17) is 14.2 Å². The van der Waals surface area contributed by atoms with Crippen molar-refractivity contribution < 1.29 is 23.8 Å². The predicted octanol–water partition coefficient (Wildman–Crippen LogP) is 6.52. The van der Waals surface area contributed by atoms with Crippen LogP contribution in [0.2, 0.25) is 0 Å². The van der Waals surface area contributed by atoms with Gasteiger partial charge in [-0.25, -0.2) is 4.79 Å². The lowest BCUT2D eigenvalue weighted by molar-refractivity contribution is -0.145. The number of anilines is 1. The van der Waals surface area contributed by atoms with Crippen LogP contribution in [-0.4, -0.2) is 48.1 Å². The SMILES string of the molecule is CCOC(=O)COc1c(I)cc(/C=C2\SC(Nc3ccccc3)N([C@@H]3CCCC[C@@H]3C)C2=O)cc1OCC. The topological polar surface area (TPSA) is 77.1 Å². The summed E-state index contributed by atoms with van der Waals surface area (Å²) in [5, 5.41) is 3.58. The van der Waals surface area contributed by atoms with Gasteiger partial charge in [0.05, 0.1) is 21.7 Å². The summed E-state index contributed by atoms with van der Waals surface area (Å²) in [5.41, 5.74) is 1.65. The molecule has 1 unspecified atom stereocenters. The van der Waals surface area contributed by atoms with Crippen molar-refractivity contribution in [2.45, 2.75) is 58.0 Å². The molecule has 1 saturated carbocycles. The van der Waals surface area contributed by atoms with Crippen molar-refractivity contribution in [1.29, 1.82) is 0 Å². The lowest BCUT2D eigenvalue weighted by atomic mass is 9.85. The third-order valence-electron chi connectivity index (χ3n) is 6.69. The number of hydrogen-bond acceptors (Lipinski definition) is 7. The Morgan fingerprint density at radius 1 is 1.13 bits per heavy atom. The molecule has 9 heteroatoms. The highest BCUT2D eigenvalue weighted by Crippen LogP contribution is 2.43. The number of carbonyl (C=O) groups excluding carboxylic acids is 2. The molecule has 1 heterocycles. The normalized spacial score (nSPS) is 22.4. The van der Waals surface area contributed by atoms with Gasteiger partial charge >= 0.3 is 5.97 Å². The molecule has 204 valence electrons. The van der Waals surface area contributed by atoms with Gasteiger partial charge in [-0.15, -0.1) is 0 Å². The molecule has 2 aromatic carbocycles. The zero-order chi connectivity index (χ0) is 27.1. The van der Waals surface area contributed by atoms with Crippen molar-refractivity contribution in [2.75, 3.05) is 25.1 Å². The monoisotopic (exact) mass is 650 g/mol. The van der Waals surface area contributed by atoms with E-state index < -0.39 is 5.97 Å². The number of ether oxygens (including phenoxy) is 3. The molecule has 0 aromatic heterocycles. The average molecular weight is 651 g/mol. The van der Waals surface area contributed by atoms with Crippen LogP contribution in [0.5, 0.6) is 11.5 Å². The second kappa shape index (κ2) is 13.6. The number of rotatable bonds is 10. The van der Waals surface area contributed by atoms with Crippen molar-refractivity contribution in [3.63, 3.8) is 0 Å². The number of thioether (sulfide) groups is 1. The fourth-order valence-corrected chi connectivity index (χ4v) is 6.92. The summed E-state index contributed by atoms with van der Waals surface area (Å²) >= 11 is 3.72. The minimum absolute atomic E-state index is 0.0535. The van der Waals surface area contributed by atoms with Crippen LogP contribution < -0.4 is 14.8 Å². The van der Waals surface area contributed by atoms with Crippen LogP contribution in [0.4, 0.5) is 5.69 Å². The first-order valence-electron chi connectivity index (χ1n) is 13.2. The summed E-state index contributed by atoms with van der Waals surface area (Å²) < 4.78 is 17.4. The van der Waals surface area contributed by atoms with Crippen LogP contribution in [0.1, 0.15) is 52.0 Å². The van der Waals surface area contributed by atoms with Gasteiger partial charge in [0, 0.05) is 11.7 Å². The molecule has 1 amide bonds. The minimum atomic E-state index is -0.432. The molecule has 1 N–H and O–H groups in total. The molecule has 1 aliphatic heterocycles. The second-order valence-corrected chi connectivity index (χ2v) is 11.7. The Hall–Kier alpha value is -2.40. The minimum Gasteiger partial charge on any atom is -0.490 e. The van der Waals surface area contributed by atoms with Crippen LogP contribution in [0, 0.1) is 9.49 Å². The van der Waals surface area contributed by atoms with Gasteiger partial charge in [0.15, 0.2) is 23.6 Å². The quantitative estimate of drug-likeness (QED) is 0.178. The summed E-state index contributed by atoms with van der Waals surface area (Å²) in [6, 6.07) is 14.0. The Morgan fingerprint density at radius 3 is 2.61 bits per heavy atom. The molecule has 38 heavy (non-hydrogen) atoms. The van der Waals surface area contributed by atoms with Crippen molar-refractivity contribution >= 4 is 58.0 Å². The van der Waals surface area contributed by atoms with Crippen LogP contribution in [0.3, 0.4) is 0 Å². The Bertz CT molecular complexity index is 1160. The van der Waals surface area contributed by atoms with E-state index in [1.807, 2.05) is 55.5 Å². The summed E-state index contributed by atoms with van der Waals surface area (Å²) in [6.07, 6.45) is 6.45. The van der Waals surface area contributed by atoms with Crippen LogP contribution in [0.25, 0.3) is 6.08 Å². The molecule has 1 saturated heterocycles. The van der Waals surface area contributed by atoms with E-state index in [1.54, 1.807) is 18.7 Å². The van der Waals surface area contributed by atoms with E-state index in [2.05, 4.69) is 39.7 Å². The van der Waals surface area contributed by atoms with Crippen LogP contribution in [0.15, 0.2) is 47.4 Å². The molecule has 0 bridgehead atoms. The number of amides is 1. The molecule has 0 radical (unpaired) electrons. The van der Waals surface area contributed by atoms with Gasteiger partial charge in [0.2, 0.25) is 0 Å². The lowest BCUT2D eigenvalue weighted by Crippen LogP contribution is -2.48. The van der Waals surface area contributed by atoms with Gasteiger partial charge in [-0.2, -0.15) is 0 Å². The smallest absolute Gasteiger partial charge is 0.344 e. The van der Waals surface area contributed by atoms with E-state index in [-0.39, 0.29) is 24.1 Å². The molecule has 1 aliphatic carbocycles. The fraction of sp³-hybridized carbons (Fsp3) is 0.448. The number of halogens is 1. The summed E-state index contributed by atoms with van der Waals surface area (Å²) in [5.74, 6) is 1.10. The van der Waals surface area contributed by atoms with Gasteiger partial charge < -0.3 is 24.4 Å². The number of nitrogens with one attached hydrogen (secondary N) is 1. The van der Waals surface area contributed by atoms with Crippen molar-refractivity contribution in [3.05, 3.63) is 56.5 Å². The number of carbonyl (C=O) groups is 2. The third-order valence-corrected chi connectivity index (χ3v) is 8.61. The predicted molar refractivity (Wildman–Crippen MR) is 160 cm³/mol. The first-order chi connectivity index (χ1) is 18.4. The fourth-order valence-electron chi connectivity index (χ4n) is 4.93. The van der Waals surface area contributed by atoms with Gasteiger partial charge in [-0.1, -0.05) is 49.7 Å².